The van der Waals surface area contributed by atoms with Gasteiger partial charge in [0.25, 0.3) is 5.91 Å². The quantitative estimate of drug-likeness (QED) is 0.781. The topological polar surface area (TPSA) is 75.2 Å². The number of hydrogen-bond acceptors (Lipinski definition) is 5. The van der Waals surface area contributed by atoms with Gasteiger partial charge in [-0.2, -0.15) is 0 Å². The number of carbonyl (C=O) groups excluding carboxylic acids is 2. The van der Waals surface area contributed by atoms with E-state index in [2.05, 4.69) is 22.2 Å². The van der Waals surface area contributed by atoms with Crippen molar-refractivity contribution in [3.63, 3.8) is 0 Å². The maximum Gasteiger partial charge on any atom is 0.274 e. The zero-order valence-electron chi connectivity index (χ0n) is 15.2. The summed E-state index contributed by atoms with van der Waals surface area (Å²) < 4.78 is 0. The Bertz CT molecular complexity index is 774. The van der Waals surface area contributed by atoms with Gasteiger partial charge in [0.05, 0.1) is 0 Å². The molecule has 0 atom stereocenters. The highest BCUT2D eigenvalue weighted by Crippen LogP contribution is 2.15. The molecule has 2 rings (SSSR count). The first-order valence-electron chi connectivity index (χ1n) is 8.40. The molecule has 6 nitrogen and oxygen atoms in total. The van der Waals surface area contributed by atoms with Gasteiger partial charge in [0, 0.05) is 30.9 Å². The number of aromatic nitrogens is 2. The van der Waals surface area contributed by atoms with E-state index in [1.165, 1.54) is 6.92 Å². The standard InChI is InChI=1S/C19H24N4O2/c1-5-6-10-23(4)18-12-17(20-14(3)21-18)19(25)22-16-9-7-8-15(11-16)13(2)24/h7-9,11-12H,5-6,10H2,1-4H3,(H,22,25). The Kier molecular flexibility index (Phi) is 6.22. The summed E-state index contributed by atoms with van der Waals surface area (Å²) in [6, 6.07) is 8.54. The Morgan fingerprint density at radius 3 is 2.64 bits per heavy atom. The van der Waals surface area contributed by atoms with Crippen LogP contribution in [0.15, 0.2) is 30.3 Å². The molecule has 1 N–H and O–H groups in total. The van der Waals surface area contributed by atoms with E-state index in [-0.39, 0.29) is 11.7 Å². The number of rotatable bonds is 7. The first-order chi connectivity index (χ1) is 11.9. The predicted molar refractivity (Wildman–Crippen MR) is 99.3 cm³/mol. The van der Waals surface area contributed by atoms with Crippen LogP contribution < -0.4 is 10.2 Å². The highest BCUT2D eigenvalue weighted by atomic mass is 16.2. The number of ketones is 1. The molecule has 0 aliphatic rings. The van der Waals surface area contributed by atoms with Gasteiger partial charge in [-0.25, -0.2) is 9.97 Å². The highest BCUT2D eigenvalue weighted by Gasteiger charge is 2.13. The summed E-state index contributed by atoms with van der Waals surface area (Å²) in [7, 11) is 1.95. The molecular weight excluding hydrogens is 316 g/mol. The van der Waals surface area contributed by atoms with E-state index in [1.807, 2.05) is 11.9 Å². The molecule has 1 aromatic heterocycles. The molecule has 1 amide bonds. The van der Waals surface area contributed by atoms with Gasteiger partial charge < -0.3 is 10.2 Å². The lowest BCUT2D eigenvalue weighted by molar-refractivity contribution is 0.100. The van der Waals surface area contributed by atoms with E-state index in [4.69, 9.17) is 0 Å². The van der Waals surface area contributed by atoms with E-state index in [1.54, 1.807) is 37.3 Å². The van der Waals surface area contributed by atoms with Crippen molar-refractivity contribution in [3.8, 4) is 0 Å². The number of amides is 1. The minimum Gasteiger partial charge on any atom is -0.360 e. The van der Waals surface area contributed by atoms with Gasteiger partial charge in [-0.05, 0) is 32.4 Å². The van der Waals surface area contributed by atoms with Crippen LogP contribution in [0.2, 0.25) is 0 Å². The second-order valence-corrected chi connectivity index (χ2v) is 6.02. The predicted octanol–water partition coefficient (Wildman–Crippen LogP) is 3.48. The van der Waals surface area contributed by atoms with Crippen molar-refractivity contribution >= 4 is 23.2 Å². The molecule has 0 aliphatic carbocycles. The van der Waals surface area contributed by atoms with Crippen molar-refractivity contribution < 1.29 is 9.59 Å². The van der Waals surface area contributed by atoms with Crippen molar-refractivity contribution in [1.82, 2.24) is 9.97 Å². The zero-order valence-corrected chi connectivity index (χ0v) is 15.2. The number of hydrogen-bond donors (Lipinski definition) is 1. The van der Waals surface area contributed by atoms with Gasteiger partial charge in [0.1, 0.15) is 17.3 Å². The van der Waals surface area contributed by atoms with Crippen LogP contribution >= 0.6 is 0 Å². The third-order valence-corrected chi connectivity index (χ3v) is 3.82. The lowest BCUT2D eigenvalue weighted by Crippen LogP contribution is -2.22. The van der Waals surface area contributed by atoms with E-state index in [0.29, 0.717) is 22.8 Å². The summed E-state index contributed by atoms with van der Waals surface area (Å²) in [4.78, 5) is 34.7. The summed E-state index contributed by atoms with van der Waals surface area (Å²) >= 11 is 0. The third-order valence-electron chi connectivity index (χ3n) is 3.82. The molecule has 0 bridgehead atoms. The lowest BCUT2D eigenvalue weighted by Gasteiger charge is -2.18. The fourth-order valence-electron chi connectivity index (χ4n) is 2.38. The van der Waals surface area contributed by atoms with Gasteiger partial charge in [-0.1, -0.05) is 25.5 Å². The van der Waals surface area contributed by atoms with Crippen LogP contribution in [0, 0.1) is 6.92 Å². The summed E-state index contributed by atoms with van der Waals surface area (Å²) in [6.07, 6.45) is 2.15. The van der Waals surface area contributed by atoms with Gasteiger partial charge in [-0.15, -0.1) is 0 Å². The molecule has 0 spiro atoms. The number of carbonyl (C=O) groups is 2. The van der Waals surface area contributed by atoms with Crippen LogP contribution in [0.1, 0.15) is 53.4 Å². The second kappa shape index (κ2) is 8.37. The molecule has 1 heterocycles. The van der Waals surface area contributed by atoms with Gasteiger partial charge in [0.15, 0.2) is 5.78 Å². The van der Waals surface area contributed by atoms with Gasteiger partial charge in [-0.3, -0.25) is 9.59 Å². The van der Waals surface area contributed by atoms with E-state index in [9.17, 15) is 9.59 Å². The molecule has 6 heteroatoms. The van der Waals surface area contributed by atoms with Crippen molar-refractivity contribution in [1.29, 1.82) is 0 Å². The minimum atomic E-state index is -0.323. The van der Waals surface area contributed by atoms with Crippen LogP contribution in [0.3, 0.4) is 0 Å². The fourth-order valence-corrected chi connectivity index (χ4v) is 2.38. The lowest BCUT2D eigenvalue weighted by atomic mass is 10.1. The van der Waals surface area contributed by atoms with Gasteiger partial charge in [0.2, 0.25) is 0 Å². The summed E-state index contributed by atoms with van der Waals surface area (Å²) in [5.41, 5.74) is 1.42. The van der Waals surface area contributed by atoms with E-state index < -0.39 is 0 Å². The van der Waals surface area contributed by atoms with Crippen LogP contribution in [0.5, 0.6) is 0 Å². The number of benzene rings is 1. The molecule has 0 saturated heterocycles. The molecule has 132 valence electrons. The van der Waals surface area contributed by atoms with Crippen molar-refractivity contribution in [2.45, 2.75) is 33.6 Å². The van der Waals surface area contributed by atoms with Crippen LogP contribution in [-0.4, -0.2) is 35.3 Å². The molecule has 0 radical (unpaired) electrons. The Labute approximate surface area is 148 Å². The monoisotopic (exact) mass is 340 g/mol. The Morgan fingerprint density at radius 1 is 1.20 bits per heavy atom. The number of aryl methyl sites for hydroxylation is 1. The number of nitrogens with zero attached hydrogens (tertiary/aromatic N) is 3. The maximum atomic E-state index is 12.5. The SMILES string of the molecule is CCCCN(C)c1cc(C(=O)Nc2cccc(C(C)=O)c2)nc(C)n1. The Morgan fingerprint density at radius 2 is 1.96 bits per heavy atom. The molecular formula is C19H24N4O2. The Hall–Kier alpha value is -2.76. The largest absolute Gasteiger partial charge is 0.360 e. The third kappa shape index (κ3) is 5.11. The van der Waals surface area contributed by atoms with E-state index >= 15 is 0 Å². The van der Waals surface area contributed by atoms with Gasteiger partial charge >= 0.3 is 0 Å². The maximum absolute atomic E-state index is 12.5. The zero-order chi connectivity index (χ0) is 18.4. The molecule has 0 aliphatic heterocycles. The normalized spacial score (nSPS) is 10.4. The average molecular weight is 340 g/mol. The molecule has 0 saturated carbocycles. The average Bonchev–Trinajstić information content (AvgIpc) is 2.59. The highest BCUT2D eigenvalue weighted by molar-refractivity contribution is 6.04. The summed E-state index contributed by atoms with van der Waals surface area (Å²) in [6.45, 7) is 6.26. The molecule has 25 heavy (non-hydrogen) atoms. The summed E-state index contributed by atoms with van der Waals surface area (Å²) in [5.74, 6) is 0.900. The van der Waals surface area contributed by atoms with E-state index in [0.717, 1.165) is 25.2 Å². The second-order valence-electron chi connectivity index (χ2n) is 6.02. The molecule has 2 aromatic rings. The fraction of sp³-hybridized carbons (Fsp3) is 0.368. The number of unbranched alkanes of at least 4 members (excludes halogenated alkanes) is 1. The number of nitrogens with one attached hydrogen (secondary N) is 1. The molecule has 0 unspecified atom stereocenters. The summed E-state index contributed by atoms with van der Waals surface area (Å²) in [5, 5.41) is 2.79. The number of anilines is 2. The van der Waals surface area contributed by atoms with Crippen LogP contribution in [0.25, 0.3) is 0 Å². The number of Topliss-reactive ketones (excluding diaryl/α,β-unsaturated/α-hetero) is 1. The van der Waals surface area contributed by atoms with Crippen molar-refractivity contribution in [2.75, 3.05) is 23.8 Å². The van der Waals surface area contributed by atoms with Crippen molar-refractivity contribution in [2.24, 2.45) is 0 Å². The minimum absolute atomic E-state index is 0.0474. The first-order valence-corrected chi connectivity index (χ1v) is 8.40. The smallest absolute Gasteiger partial charge is 0.274 e. The van der Waals surface area contributed by atoms with Crippen LogP contribution in [0.4, 0.5) is 11.5 Å². The first kappa shape index (κ1) is 18.6. The Balaban J connectivity index is 2.20. The molecule has 0 fully saturated rings. The van der Waals surface area contributed by atoms with Crippen molar-refractivity contribution in [3.05, 3.63) is 47.4 Å². The molecule has 1 aromatic carbocycles. The van der Waals surface area contributed by atoms with Crippen LogP contribution in [-0.2, 0) is 0 Å².